The maximum Gasteiger partial charge on any atom is 0.322 e. The van der Waals surface area contributed by atoms with Crippen molar-refractivity contribution in [1.82, 2.24) is 10.3 Å². The summed E-state index contributed by atoms with van der Waals surface area (Å²) in [6, 6.07) is 3.62. The molecule has 0 atom stereocenters. The van der Waals surface area contributed by atoms with Crippen LogP contribution in [0.2, 0.25) is 0 Å². The summed E-state index contributed by atoms with van der Waals surface area (Å²) in [7, 11) is 11.2. The maximum atomic E-state index is 13.6. The van der Waals surface area contributed by atoms with E-state index >= 15 is 0 Å². The number of aromatic nitrogens is 1. The van der Waals surface area contributed by atoms with E-state index in [0.29, 0.717) is 0 Å². The third-order valence-corrected chi connectivity index (χ3v) is 2.95. The third kappa shape index (κ3) is 3.68. The molecule has 0 unspecified atom stereocenters. The van der Waals surface area contributed by atoms with Crippen molar-refractivity contribution < 1.29 is 24.2 Å². The van der Waals surface area contributed by atoms with Crippen LogP contribution in [0.3, 0.4) is 0 Å². The number of halogens is 1. The second-order valence-electron chi connectivity index (χ2n) is 4.63. The molecule has 0 saturated heterocycles. The summed E-state index contributed by atoms with van der Waals surface area (Å²) < 4.78 is 13.6. The molecule has 0 bridgehead atoms. The van der Waals surface area contributed by atoms with Crippen molar-refractivity contribution >= 4 is 38.5 Å². The normalized spacial score (nSPS) is 10.3. The number of carbonyl (C=O) groups excluding carboxylic acids is 1. The molecule has 0 aliphatic heterocycles. The number of amides is 1. The van der Waals surface area contributed by atoms with Gasteiger partial charge in [0, 0.05) is 11.8 Å². The fourth-order valence-electron chi connectivity index (χ4n) is 1.89. The van der Waals surface area contributed by atoms with Crippen molar-refractivity contribution in [2.45, 2.75) is 0 Å². The summed E-state index contributed by atoms with van der Waals surface area (Å²) in [4.78, 5) is 25.9. The van der Waals surface area contributed by atoms with Gasteiger partial charge in [0.05, 0.1) is 0 Å². The van der Waals surface area contributed by atoms with Gasteiger partial charge in [-0.2, -0.15) is 0 Å². The minimum Gasteiger partial charge on any atom is -0.505 e. The first-order valence-electron chi connectivity index (χ1n) is 6.33. The van der Waals surface area contributed by atoms with Crippen molar-refractivity contribution in [1.29, 1.82) is 0 Å². The molecular weight excluding hydrogens is 301 g/mol. The summed E-state index contributed by atoms with van der Waals surface area (Å²) in [6.07, 6.45) is 1.19. The van der Waals surface area contributed by atoms with Crippen molar-refractivity contribution in [3.63, 3.8) is 0 Å². The Morgan fingerprint density at radius 3 is 2.57 bits per heavy atom. The fraction of sp³-hybridized carbons (Fsp3) is 0.0714. The van der Waals surface area contributed by atoms with E-state index in [4.69, 9.17) is 20.8 Å². The number of carbonyl (C=O) groups is 2. The predicted octanol–water partition coefficient (Wildman–Crippen LogP) is -1.00. The average Bonchev–Trinajstić information content (AvgIpc) is 2.48. The van der Waals surface area contributed by atoms with E-state index in [9.17, 15) is 19.1 Å². The van der Waals surface area contributed by atoms with E-state index in [1.165, 1.54) is 12.3 Å². The van der Waals surface area contributed by atoms with Gasteiger partial charge in [-0.25, -0.2) is 9.37 Å². The highest BCUT2D eigenvalue weighted by molar-refractivity contribution is 6.38. The van der Waals surface area contributed by atoms with Gasteiger partial charge >= 0.3 is 5.97 Å². The van der Waals surface area contributed by atoms with E-state index in [0.717, 1.165) is 12.1 Å². The van der Waals surface area contributed by atoms with Crippen LogP contribution in [-0.2, 0) is 4.79 Å². The number of nitrogens with one attached hydrogen (secondary N) is 1. The van der Waals surface area contributed by atoms with Crippen LogP contribution in [0.25, 0.3) is 11.1 Å². The summed E-state index contributed by atoms with van der Waals surface area (Å²) in [5, 5.41) is 20.4. The number of benzene rings is 1. The second-order valence-corrected chi connectivity index (χ2v) is 4.63. The third-order valence-electron chi connectivity index (χ3n) is 2.95. The minimum absolute atomic E-state index is 0.134. The lowest BCUT2D eigenvalue weighted by molar-refractivity contribution is -0.135. The molecule has 0 aliphatic rings. The molecule has 6 nitrogen and oxygen atoms in total. The largest absolute Gasteiger partial charge is 0.505 e. The van der Waals surface area contributed by atoms with Gasteiger partial charge in [-0.3, -0.25) is 9.59 Å². The zero-order chi connectivity index (χ0) is 17.1. The van der Waals surface area contributed by atoms with Crippen LogP contribution >= 0.6 is 0 Å². The van der Waals surface area contributed by atoms with Crippen LogP contribution in [0.1, 0.15) is 10.5 Å². The maximum absolute atomic E-state index is 13.6. The molecule has 2 aromatic rings. The van der Waals surface area contributed by atoms with Gasteiger partial charge in [-0.15, -0.1) is 0 Å². The zero-order valence-corrected chi connectivity index (χ0v) is 11.7. The lowest BCUT2D eigenvalue weighted by Crippen LogP contribution is -2.29. The summed E-state index contributed by atoms with van der Waals surface area (Å²) in [5.74, 6) is -3.32. The van der Waals surface area contributed by atoms with Gasteiger partial charge in [-0.05, 0) is 17.7 Å². The Kier molecular flexibility index (Phi) is 4.68. The molecule has 0 saturated carbocycles. The molecular formula is C14H9B2FN2O4. The van der Waals surface area contributed by atoms with E-state index < -0.39 is 30.0 Å². The van der Waals surface area contributed by atoms with Gasteiger partial charge in [0.1, 0.15) is 33.8 Å². The number of aromatic hydroxyl groups is 1. The quantitative estimate of drug-likeness (QED) is 0.629. The number of hydrogen-bond acceptors (Lipinski definition) is 4. The van der Waals surface area contributed by atoms with Crippen LogP contribution in [0.5, 0.6) is 5.75 Å². The standard InChI is InChI=1S/C14H9B2FN2O4/c15-7-2-8(12(16)9(17)3-7)6-1-10(20)13(18-4-6)14(23)19-5-11(21)22/h1-4,20H,5H2,(H,19,23)(H,21,22). The van der Waals surface area contributed by atoms with Crippen molar-refractivity contribution in [3.8, 4) is 16.9 Å². The van der Waals surface area contributed by atoms with Crippen LogP contribution in [0, 0.1) is 5.82 Å². The van der Waals surface area contributed by atoms with Gasteiger partial charge in [-0.1, -0.05) is 17.0 Å². The number of carboxylic acid groups (broad SMARTS) is 1. The van der Waals surface area contributed by atoms with Crippen molar-refractivity contribution in [3.05, 3.63) is 35.9 Å². The van der Waals surface area contributed by atoms with Gasteiger partial charge in [0.25, 0.3) is 5.91 Å². The number of nitrogens with zero attached hydrogens (tertiary/aromatic N) is 1. The molecule has 1 aromatic carbocycles. The first kappa shape index (κ1) is 16.5. The smallest absolute Gasteiger partial charge is 0.322 e. The molecule has 4 radical (unpaired) electrons. The van der Waals surface area contributed by atoms with Crippen LogP contribution in [-0.4, -0.2) is 49.3 Å². The molecule has 0 spiro atoms. The molecule has 1 heterocycles. The van der Waals surface area contributed by atoms with Gasteiger partial charge < -0.3 is 15.5 Å². The molecule has 0 fully saturated rings. The highest BCUT2D eigenvalue weighted by atomic mass is 19.1. The van der Waals surface area contributed by atoms with E-state index in [1.54, 1.807) is 0 Å². The molecule has 3 N–H and O–H groups in total. The first-order chi connectivity index (χ1) is 10.8. The lowest BCUT2D eigenvalue weighted by Gasteiger charge is -2.11. The Balaban J connectivity index is 2.37. The Labute approximate surface area is 133 Å². The monoisotopic (exact) mass is 310 g/mol. The van der Waals surface area contributed by atoms with E-state index in [2.05, 4.69) is 10.3 Å². The fourth-order valence-corrected chi connectivity index (χ4v) is 1.89. The Bertz CT molecular complexity index is 799. The lowest BCUT2D eigenvalue weighted by atomic mass is 9.82. The number of carboxylic acids is 1. The second kappa shape index (κ2) is 6.51. The van der Waals surface area contributed by atoms with Crippen LogP contribution in [0.4, 0.5) is 4.39 Å². The molecule has 112 valence electrons. The average molecular weight is 310 g/mol. The van der Waals surface area contributed by atoms with E-state index in [-0.39, 0.29) is 27.7 Å². The number of aliphatic carboxylic acids is 1. The van der Waals surface area contributed by atoms with Gasteiger partial charge in [0.15, 0.2) is 5.69 Å². The number of hydrogen-bond donors (Lipinski definition) is 3. The predicted molar refractivity (Wildman–Crippen MR) is 82.0 cm³/mol. The zero-order valence-electron chi connectivity index (χ0n) is 11.7. The topological polar surface area (TPSA) is 99.5 Å². The van der Waals surface area contributed by atoms with Gasteiger partial charge in [0.2, 0.25) is 0 Å². The van der Waals surface area contributed by atoms with Crippen LogP contribution in [0.15, 0.2) is 24.4 Å². The van der Waals surface area contributed by atoms with Crippen molar-refractivity contribution in [2.24, 2.45) is 0 Å². The first-order valence-corrected chi connectivity index (χ1v) is 6.33. The highest BCUT2D eigenvalue weighted by Gasteiger charge is 2.16. The van der Waals surface area contributed by atoms with E-state index in [1.807, 2.05) is 0 Å². The molecule has 1 amide bonds. The molecule has 2 rings (SSSR count). The number of rotatable bonds is 4. The Morgan fingerprint density at radius 1 is 1.26 bits per heavy atom. The SMILES string of the molecule is [B]c1cc(F)c([B])c(-c2cnc(C(=O)NCC(=O)O)c(O)c2)c1. The molecule has 0 aliphatic carbocycles. The molecule has 9 heteroatoms. The highest BCUT2D eigenvalue weighted by Crippen LogP contribution is 2.23. The Hall–Kier alpha value is -2.83. The molecule has 1 aromatic heterocycles. The summed E-state index contributed by atoms with van der Waals surface area (Å²) in [6.45, 7) is -0.616. The summed E-state index contributed by atoms with van der Waals surface area (Å²) in [5.41, 5.74) is 0.0553. The van der Waals surface area contributed by atoms with Crippen molar-refractivity contribution in [2.75, 3.05) is 6.54 Å². The minimum atomic E-state index is -1.24. The van der Waals surface area contributed by atoms with Crippen LogP contribution < -0.4 is 16.2 Å². The molecule has 23 heavy (non-hydrogen) atoms. The summed E-state index contributed by atoms with van der Waals surface area (Å²) >= 11 is 0. The number of pyridine rings is 1. The Morgan fingerprint density at radius 2 is 1.96 bits per heavy atom.